The number of carbonyl (C=O) groups excluding carboxylic acids is 1. The summed E-state index contributed by atoms with van der Waals surface area (Å²) in [4.78, 5) is 23.6. The molecular weight excluding hydrogens is 384 g/mol. The molecule has 0 unspecified atom stereocenters. The highest BCUT2D eigenvalue weighted by atomic mass is 35.5. The molecule has 0 fully saturated rings. The van der Waals surface area contributed by atoms with Crippen LogP contribution < -0.4 is 14.8 Å². The second-order valence-corrected chi connectivity index (χ2v) is 6.05. The monoisotopic (exact) mass is 400 g/mol. The summed E-state index contributed by atoms with van der Waals surface area (Å²) < 4.78 is 10.7. The van der Waals surface area contributed by atoms with Crippen LogP contribution in [0.2, 0.25) is 5.02 Å². The zero-order valence-corrected chi connectivity index (χ0v) is 15.9. The van der Waals surface area contributed by atoms with Gasteiger partial charge in [-0.2, -0.15) is 5.26 Å². The molecule has 0 aliphatic rings. The van der Waals surface area contributed by atoms with Gasteiger partial charge in [-0.25, -0.2) is 4.79 Å². The zero-order chi connectivity index (χ0) is 20.7. The van der Waals surface area contributed by atoms with Gasteiger partial charge in [0.1, 0.15) is 11.6 Å². The van der Waals surface area contributed by atoms with Crippen LogP contribution in [-0.2, 0) is 9.59 Å². The third-order valence-corrected chi connectivity index (χ3v) is 3.85. The molecule has 1 amide bonds. The number of benzene rings is 2. The van der Waals surface area contributed by atoms with Gasteiger partial charge in [-0.15, -0.1) is 0 Å². The van der Waals surface area contributed by atoms with E-state index in [1.807, 2.05) is 6.07 Å². The van der Waals surface area contributed by atoms with Gasteiger partial charge in [-0.3, -0.25) is 4.79 Å². The van der Waals surface area contributed by atoms with E-state index in [-0.39, 0.29) is 17.1 Å². The lowest BCUT2D eigenvalue weighted by atomic mass is 10.1. The molecule has 7 nitrogen and oxygen atoms in total. The fraction of sp³-hybridized carbons (Fsp3) is 0.150. The summed E-state index contributed by atoms with van der Waals surface area (Å²) >= 11 is 5.89. The highest BCUT2D eigenvalue weighted by Crippen LogP contribution is 2.33. The van der Waals surface area contributed by atoms with Crippen molar-refractivity contribution < 1.29 is 24.2 Å². The van der Waals surface area contributed by atoms with Crippen LogP contribution in [-0.4, -0.2) is 30.2 Å². The van der Waals surface area contributed by atoms with Crippen molar-refractivity contribution >= 4 is 35.2 Å². The first kappa shape index (κ1) is 20.8. The Morgan fingerprint density at radius 3 is 2.61 bits per heavy atom. The average Bonchev–Trinajstić information content (AvgIpc) is 2.66. The topological polar surface area (TPSA) is 109 Å². The molecule has 0 aliphatic carbocycles. The van der Waals surface area contributed by atoms with Crippen molar-refractivity contribution in [1.29, 1.82) is 5.26 Å². The summed E-state index contributed by atoms with van der Waals surface area (Å²) in [5.74, 6) is -1.43. The van der Waals surface area contributed by atoms with Crippen molar-refractivity contribution in [1.82, 2.24) is 0 Å². The standard InChI is InChI=1S/C20H17ClN2O5/c1-12(20(25)26)28-18-13(5-3-8-17(18)27-2)9-14(11-22)19(24)23-16-7-4-6-15(21)10-16/h3-10,12H,1-2H3,(H,23,24)(H,25,26)/b14-9-/t12-/m1/s1. The molecule has 0 spiro atoms. The molecule has 2 rings (SSSR count). The Labute approximate surface area is 166 Å². The SMILES string of the molecule is COc1cccc(/C=C(/C#N)C(=O)Nc2cccc(Cl)c2)c1O[C@H](C)C(=O)O. The number of carbonyl (C=O) groups is 2. The summed E-state index contributed by atoms with van der Waals surface area (Å²) in [6, 6.07) is 13.1. The summed E-state index contributed by atoms with van der Waals surface area (Å²) in [6.07, 6.45) is 0.140. The molecule has 2 aromatic rings. The molecule has 2 N–H and O–H groups in total. The Balaban J connectivity index is 2.38. The molecule has 0 bridgehead atoms. The minimum Gasteiger partial charge on any atom is -0.493 e. The summed E-state index contributed by atoms with van der Waals surface area (Å²) in [6.45, 7) is 1.36. The van der Waals surface area contributed by atoms with Crippen molar-refractivity contribution in [2.45, 2.75) is 13.0 Å². The van der Waals surface area contributed by atoms with E-state index >= 15 is 0 Å². The number of methoxy groups -OCH3 is 1. The fourth-order valence-electron chi connectivity index (χ4n) is 2.23. The number of carboxylic acid groups (broad SMARTS) is 1. The molecule has 28 heavy (non-hydrogen) atoms. The van der Waals surface area contributed by atoms with Gasteiger partial charge < -0.3 is 19.9 Å². The van der Waals surface area contributed by atoms with Crippen molar-refractivity contribution in [3.05, 3.63) is 58.6 Å². The van der Waals surface area contributed by atoms with Crippen LogP contribution in [0.25, 0.3) is 6.08 Å². The number of nitrogens with zero attached hydrogens (tertiary/aromatic N) is 1. The number of aliphatic carboxylic acids is 1. The van der Waals surface area contributed by atoms with Crippen molar-refractivity contribution in [3.8, 4) is 17.6 Å². The molecule has 0 aliphatic heterocycles. The third kappa shape index (κ3) is 5.25. The number of nitriles is 1. The number of nitrogens with one attached hydrogen (secondary N) is 1. The van der Waals surface area contributed by atoms with Gasteiger partial charge in [0.25, 0.3) is 5.91 Å². The highest BCUT2D eigenvalue weighted by molar-refractivity contribution is 6.31. The van der Waals surface area contributed by atoms with Gasteiger partial charge >= 0.3 is 5.97 Å². The van der Waals surface area contributed by atoms with Crippen LogP contribution in [0.15, 0.2) is 48.0 Å². The normalized spacial score (nSPS) is 11.9. The fourth-order valence-corrected chi connectivity index (χ4v) is 2.42. The van der Waals surface area contributed by atoms with Gasteiger partial charge in [0.05, 0.1) is 7.11 Å². The number of carboxylic acids is 1. The Morgan fingerprint density at radius 1 is 1.29 bits per heavy atom. The smallest absolute Gasteiger partial charge is 0.344 e. The number of halogens is 1. The number of rotatable bonds is 7. The van der Waals surface area contributed by atoms with Crippen LogP contribution in [0, 0.1) is 11.3 Å². The Bertz CT molecular complexity index is 965. The van der Waals surface area contributed by atoms with Gasteiger partial charge in [-0.05, 0) is 37.3 Å². The quantitative estimate of drug-likeness (QED) is 0.541. The lowest BCUT2D eigenvalue weighted by Gasteiger charge is -2.16. The lowest BCUT2D eigenvalue weighted by molar-refractivity contribution is -0.144. The van der Waals surface area contributed by atoms with Crippen LogP contribution >= 0.6 is 11.6 Å². The van der Waals surface area contributed by atoms with Crippen molar-refractivity contribution in [3.63, 3.8) is 0 Å². The first-order valence-electron chi connectivity index (χ1n) is 8.11. The predicted molar refractivity (Wildman–Crippen MR) is 104 cm³/mol. The molecule has 0 radical (unpaired) electrons. The lowest BCUT2D eigenvalue weighted by Crippen LogP contribution is -2.23. The number of hydrogen-bond donors (Lipinski definition) is 2. The maximum atomic E-state index is 12.4. The minimum atomic E-state index is -1.17. The van der Waals surface area contributed by atoms with Crippen molar-refractivity contribution in [2.75, 3.05) is 12.4 Å². The van der Waals surface area contributed by atoms with E-state index in [0.717, 1.165) is 0 Å². The highest BCUT2D eigenvalue weighted by Gasteiger charge is 2.19. The van der Waals surface area contributed by atoms with E-state index < -0.39 is 18.0 Å². The summed E-state index contributed by atoms with van der Waals surface area (Å²) in [5.41, 5.74) is 0.548. The zero-order valence-electron chi connectivity index (χ0n) is 15.1. The Morgan fingerprint density at radius 2 is 2.00 bits per heavy atom. The molecule has 2 aromatic carbocycles. The Hall–Kier alpha value is -3.50. The molecule has 0 saturated carbocycles. The molecule has 144 valence electrons. The summed E-state index contributed by atoms with van der Waals surface area (Å²) in [7, 11) is 1.40. The predicted octanol–water partition coefficient (Wildman–Crippen LogP) is 3.75. The largest absolute Gasteiger partial charge is 0.493 e. The van der Waals surface area contributed by atoms with E-state index in [4.69, 9.17) is 26.2 Å². The van der Waals surface area contributed by atoms with Crippen LogP contribution in [0.5, 0.6) is 11.5 Å². The molecule has 1 atom stereocenters. The molecule has 0 aromatic heterocycles. The number of ether oxygens (including phenoxy) is 2. The number of para-hydroxylation sites is 1. The minimum absolute atomic E-state index is 0.114. The van der Waals surface area contributed by atoms with E-state index in [9.17, 15) is 14.9 Å². The second kappa shape index (κ2) is 9.44. The second-order valence-electron chi connectivity index (χ2n) is 5.61. The Kier molecular flexibility index (Phi) is 7.02. The van der Waals surface area contributed by atoms with Gasteiger partial charge in [0.15, 0.2) is 17.6 Å². The number of anilines is 1. The van der Waals surface area contributed by atoms with E-state index in [1.54, 1.807) is 42.5 Å². The molecular formula is C20H17ClN2O5. The number of amides is 1. The summed E-state index contributed by atoms with van der Waals surface area (Å²) in [5, 5.41) is 21.5. The molecule has 8 heteroatoms. The van der Waals surface area contributed by atoms with Crippen molar-refractivity contribution in [2.24, 2.45) is 0 Å². The first-order valence-corrected chi connectivity index (χ1v) is 8.48. The molecule has 0 saturated heterocycles. The van der Waals surface area contributed by atoms with Gasteiger partial charge in [0.2, 0.25) is 0 Å². The van der Waals surface area contributed by atoms with E-state index in [0.29, 0.717) is 16.3 Å². The van der Waals surface area contributed by atoms with Crippen LogP contribution in [0.4, 0.5) is 5.69 Å². The van der Waals surface area contributed by atoms with E-state index in [2.05, 4.69) is 5.32 Å². The third-order valence-electron chi connectivity index (χ3n) is 3.62. The van der Waals surface area contributed by atoms with Gasteiger partial charge in [0, 0.05) is 16.3 Å². The van der Waals surface area contributed by atoms with Gasteiger partial charge in [-0.1, -0.05) is 29.8 Å². The number of hydrogen-bond acceptors (Lipinski definition) is 5. The van der Waals surface area contributed by atoms with E-state index in [1.165, 1.54) is 20.1 Å². The van der Waals surface area contributed by atoms with Crippen LogP contribution in [0.1, 0.15) is 12.5 Å². The molecule has 0 heterocycles. The van der Waals surface area contributed by atoms with Crippen LogP contribution in [0.3, 0.4) is 0 Å². The average molecular weight is 401 g/mol. The maximum absolute atomic E-state index is 12.4. The first-order chi connectivity index (χ1) is 13.3. The maximum Gasteiger partial charge on any atom is 0.344 e.